The predicted octanol–water partition coefficient (Wildman–Crippen LogP) is 2.39. The van der Waals surface area contributed by atoms with E-state index in [9.17, 15) is 14.4 Å². The second-order valence-electron chi connectivity index (χ2n) is 5.05. The number of benzene rings is 1. The van der Waals surface area contributed by atoms with Crippen LogP contribution in [0.4, 0.5) is 0 Å². The maximum absolute atomic E-state index is 11.8. The molecule has 2 atom stereocenters. The number of hydrogen-bond acceptors (Lipinski definition) is 6. The first-order chi connectivity index (χ1) is 10.9. The van der Waals surface area contributed by atoms with Crippen molar-refractivity contribution >= 4 is 17.9 Å². The SMILES string of the molecule is CCCC(=O)O[C@@H](C)C(=O)O[C@@H](C)C(=O)OCc1ccccc1. The molecule has 0 bridgehead atoms. The van der Waals surface area contributed by atoms with Crippen molar-refractivity contribution in [2.24, 2.45) is 0 Å². The number of carbonyl (C=O) groups excluding carboxylic acids is 3. The Bertz CT molecular complexity index is 525. The number of rotatable bonds is 8. The highest BCUT2D eigenvalue weighted by atomic mass is 16.6. The Morgan fingerprint density at radius 2 is 1.57 bits per heavy atom. The van der Waals surface area contributed by atoms with Crippen LogP contribution in [0.2, 0.25) is 0 Å². The summed E-state index contributed by atoms with van der Waals surface area (Å²) in [4.78, 5) is 34.9. The zero-order valence-corrected chi connectivity index (χ0v) is 13.6. The lowest BCUT2D eigenvalue weighted by molar-refractivity contribution is -0.177. The van der Waals surface area contributed by atoms with Crippen LogP contribution in [0.3, 0.4) is 0 Å². The summed E-state index contributed by atoms with van der Waals surface area (Å²) >= 11 is 0. The molecule has 1 rings (SSSR count). The van der Waals surface area contributed by atoms with Gasteiger partial charge in [-0.25, -0.2) is 9.59 Å². The Morgan fingerprint density at radius 1 is 0.957 bits per heavy atom. The highest BCUT2D eigenvalue weighted by Gasteiger charge is 2.25. The van der Waals surface area contributed by atoms with Crippen molar-refractivity contribution in [1.82, 2.24) is 0 Å². The lowest BCUT2D eigenvalue weighted by atomic mass is 10.2. The number of hydrogen-bond donors (Lipinski definition) is 0. The van der Waals surface area contributed by atoms with E-state index in [1.807, 2.05) is 37.3 Å². The molecule has 0 radical (unpaired) electrons. The van der Waals surface area contributed by atoms with Crippen molar-refractivity contribution in [3.8, 4) is 0 Å². The normalized spacial score (nSPS) is 12.8. The summed E-state index contributed by atoms with van der Waals surface area (Å²) in [5, 5.41) is 0. The fourth-order valence-electron chi connectivity index (χ4n) is 1.67. The van der Waals surface area contributed by atoms with Gasteiger partial charge in [0.05, 0.1) is 0 Å². The van der Waals surface area contributed by atoms with Crippen molar-refractivity contribution < 1.29 is 28.6 Å². The molecule has 0 aliphatic heterocycles. The molecule has 126 valence electrons. The van der Waals surface area contributed by atoms with Crippen LogP contribution in [0, 0.1) is 0 Å². The first kappa shape index (κ1) is 18.7. The van der Waals surface area contributed by atoms with Crippen molar-refractivity contribution in [1.29, 1.82) is 0 Å². The maximum Gasteiger partial charge on any atom is 0.347 e. The molecule has 0 saturated heterocycles. The van der Waals surface area contributed by atoms with Crippen LogP contribution in [-0.2, 0) is 35.2 Å². The van der Waals surface area contributed by atoms with Gasteiger partial charge in [-0.15, -0.1) is 0 Å². The Balaban J connectivity index is 2.38. The molecular formula is C17H22O6. The molecular weight excluding hydrogens is 300 g/mol. The molecule has 0 amide bonds. The molecule has 1 aromatic carbocycles. The van der Waals surface area contributed by atoms with E-state index in [1.165, 1.54) is 13.8 Å². The highest BCUT2D eigenvalue weighted by molar-refractivity contribution is 5.82. The molecule has 6 nitrogen and oxygen atoms in total. The van der Waals surface area contributed by atoms with Crippen LogP contribution in [0.15, 0.2) is 30.3 Å². The quantitative estimate of drug-likeness (QED) is 0.540. The summed E-state index contributed by atoms with van der Waals surface area (Å²) in [6.45, 7) is 4.74. The fraction of sp³-hybridized carbons (Fsp3) is 0.471. The van der Waals surface area contributed by atoms with Gasteiger partial charge in [0.2, 0.25) is 0 Å². The van der Waals surface area contributed by atoms with Crippen LogP contribution in [0.25, 0.3) is 0 Å². The summed E-state index contributed by atoms with van der Waals surface area (Å²) in [5.41, 5.74) is 0.834. The van der Waals surface area contributed by atoms with Gasteiger partial charge in [-0.2, -0.15) is 0 Å². The van der Waals surface area contributed by atoms with Crippen LogP contribution in [-0.4, -0.2) is 30.1 Å². The topological polar surface area (TPSA) is 78.9 Å². The van der Waals surface area contributed by atoms with E-state index in [4.69, 9.17) is 14.2 Å². The summed E-state index contributed by atoms with van der Waals surface area (Å²) in [5.74, 6) is -1.91. The van der Waals surface area contributed by atoms with Gasteiger partial charge in [0.25, 0.3) is 0 Å². The van der Waals surface area contributed by atoms with Gasteiger partial charge >= 0.3 is 17.9 Å². The van der Waals surface area contributed by atoms with E-state index < -0.39 is 30.1 Å². The molecule has 23 heavy (non-hydrogen) atoms. The maximum atomic E-state index is 11.8. The van der Waals surface area contributed by atoms with Crippen molar-refractivity contribution in [2.75, 3.05) is 0 Å². The van der Waals surface area contributed by atoms with E-state index >= 15 is 0 Å². The van der Waals surface area contributed by atoms with Crippen molar-refractivity contribution in [3.05, 3.63) is 35.9 Å². The highest BCUT2D eigenvalue weighted by Crippen LogP contribution is 2.06. The number of carbonyl (C=O) groups is 3. The van der Waals surface area contributed by atoms with E-state index in [0.717, 1.165) is 5.56 Å². The minimum atomic E-state index is -1.07. The van der Waals surface area contributed by atoms with Gasteiger partial charge in [-0.1, -0.05) is 37.3 Å². The first-order valence-electron chi connectivity index (χ1n) is 7.54. The first-order valence-corrected chi connectivity index (χ1v) is 7.54. The zero-order valence-electron chi connectivity index (χ0n) is 13.6. The lowest BCUT2D eigenvalue weighted by Crippen LogP contribution is -2.33. The predicted molar refractivity (Wildman–Crippen MR) is 82.3 cm³/mol. The minimum Gasteiger partial charge on any atom is -0.458 e. The third kappa shape index (κ3) is 6.95. The van der Waals surface area contributed by atoms with E-state index in [0.29, 0.717) is 6.42 Å². The van der Waals surface area contributed by atoms with Crippen molar-refractivity contribution in [3.63, 3.8) is 0 Å². The Labute approximate surface area is 135 Å². The molecule has 0 unspecified atom stereocenters. The van der Waals surface area contributed by atoms with Gasteiger partial charge < -0.3 is 14.2 Å². The lowest BCUT2D eigenvalue weighted by Gasteiger charge is -2.16. The van der Waals surface area contributed by atoms with Gasteiger partial charge in [-0.3, -0.25) is 4.79 Å². The second-order valence-corrected chi connectivity index (χ2v) is 5.05. The summed E-state index contributed by atoms with van der Waals surface area (Å²) in [6, 6.07) is 9.16. The molecule has 0 spiro atoms. The van der Waals surface area contributed by atoms with Gasteiger partial charge in [-0.05, 0) is 25.8 Å². The van der Waals surface area contributed by atoms with Gasteiger partial charge in [0.15, 0.2) is 12.2 Å². The minimum absolute atomic E-state index is 0.0998. The molecule has 0 fully saturated rings. The summed E-state index contributed by atoms with van der Waals surface area (Å²) in [6.07, 6.45) is -1.27. The summed E-state index contributed by atoms with van der Waals surface area (Å²) in [7, 11) is 0. The smallest absolute Gasteiger partial charge is 0.347 e. The Kier molecular flexibility index (Phi) is 7.80. The third-order valence-electron chi connectivity index (χ3n) is 2.94. The standard InChI is InChI=1S/C17H22O6/c1-4-8-15(18)22-13(3)17(20)23-12(2)16(19)21-11-14-9-6-5-7-10-14/h5-7,9-10,12-13H,4,8,11H2,1-3H3/t12-,13-/m0/s1. The van der Waals surface area contributed by atoms with E-state index in [2.05, 4.69) is 0 Å². The van der Waals surface area contributed by atoms with Crippen LogP contribution < -0.4 is 0 Å². The molecule has 0 aromatic heterocycles. The molecule has 1 aromatic rings. The molecule has 0 N–H and O–H groups in total. The Morgan fingerprint density at radius 3 is 2.17 bits per heavy atom. The van der Waals surface area contributed by atoms with Crippen LogP contribution in [0.1, 0.15) is 39.2 Å². The van der Waals surface area contributed by atoms with E-state index in [1.54, 1.807) is 0 Å². The second kappa shape index (κ2) is 9.61. The molecule has 0 saturated carbocycles. The molecule has 0 heterocycles. The average Bonchev–Trinajstić information content (AvgIpc) is 2.53. The monoisotopic (exact) mass is 322 g/mol. The third-order valence-corrected chi connectivity index (χ3v) is 2.94. The average molecular weight is 322 g/mol. The molecule has 0 aliphatic rings. The number of ether oxygens (including phenoxy) is 3. The Hall–Kier alpha value is -2.37. The van der Waals surface area contributed by atoms with Crippen LogP contribution >= 0.6 is 0 Å². The molecule has 6 heteroatoms. The summed E-state index contributed by atoms with van der Waals surface area (Å²) < 4.78 is 14.9. The zero-order chi connectivity index (χ0) is 17.2. The van der Waals surface area contributed by atoms with Crippen molar-refractivity contribution in [2.45, 2.75) is 52.4 Å². The number of esters is 3. The van der Waals surface area contributed by atoms with E-state index in [-0.39, 0.29) is 13.0 Å². The van der Waals surface area contributed by atoms with Gasteiger partial charge in [0.1, 0.15) is 6.61 Å². The van der Waals surface area contributed by atoms with Crippen LogP contribution in [0.5, 0.6) is 0 Å². The van der Waals surface area contributed by atoms with Gasteiger partial charge in [0, 0.05) is 6.42 Å². The largest absolute Gasteiger partial charge is 0.458 e. The fourth-order valence-corrected chi connectivity index (χ4v) is 1.67. The molecule has 0 aliphatic carbocycles.